The third kappa shape index (κ3) is 3.83. The molecule has 0 saturated heterocycles. The van der Waals surface area contributed by atoms with Crippen molar-refractivity contribution < 1.29 is 34.7 Å². The lowest BCUT2D eigenvalue weighted by Gasteiger charge is -2.22. The van der Waals surface area contributed by atoms with Crippen molar-refractivity contribution in [2.75, 3.05) is 6.61 Å². The number of carbonyl (C=O) groups excluding carboxylic acids is 1. The van der Waals surface area contributed by atoms with Crippen LogP contribution in [0.3, 0.4) is 0 Å². The van der Waals surface area contributed by atoms with Gasteiger partial charge in [-0.3, -0.25) is 4.79 Å². The van der Waals surface area contributed by atoms with Gasteiger partial charge in [0.05, 0.1) is 6.61 Å². The molecular formula is C13H16O7. The molecule has 0 spiro atoms. The second-order valence-corrected chi connectivity index (χ2v) is 4.28. The van der Waals surface area contributed by atoms with Crippen LogP contribution in [0.4, 0.5) is 0 Å². The first-order valence-corrected chi connectivity index (χ1v) is 5.90. The molecule has 4 N–H and O–H groups in total. The fourth-order valence-electron chi connectivity index (χ4n) is 1.17. The first-order valence-electron chi connectivity index (χ1n) is 5.90. The van der Waals surface area contributed by atoms with Gasteiger partial charge in [-0.2, -0.15) is 0 Å². The number of hydrogen-bond donors (Lipinski definition) is 4. The van der Waals surface area contributed by atoms with E-state index < -0.39 is 29.5 Å². The summed E-state index contributed by atoms with van der Waals surface area (Å²) < 4.78 is 9.64. The second kappa shape index (κ2) is 6.73. The Morgan fingerprint density at radius 1 is 1.30 bits per heavy atom. The van der Waals surface area contributed by atoms with Crippen LogP contribution in [0.15, 0.2) is 23.2 Å². The van der Waals surface area contributed by atoms with Crippen LogP contribution in [-0.4, -0.2) is 39.1 Å². The molecule has 0 radical (unpaired) electrons. The lowest BCUT2D eigenvalue weighted by atomic mass is 10.1. The number of ketones is 1. The van der Waals surface area contributed by atoms with E-state index in [2.05, 4.69) is 16.6 Å². The first kappa shape index (κ1) is 15.7. The molecule has 20 heavy (non-hydrogen) atoms. The summed E-state index contributed by atoms with van der Waals surface area (Å²) in [7, 11) is 0. The highest BCUT2D eigenvalue weighted by Gasteiger charge is 2.31. The highest BCUT2D eigenvalue weighted by atomic mass is 16.7. The largest absolute Gasteiger partial charge is 0.503 e. The van der Waals surface area contributed by atoms with Gasteiger partial charge in [0.25, 0.3) is 6.29 Å². The molecule has 1 unspecified atom stereocenters. The zero-order valence-corrected chi connectivity index (χ0v) is 11.1. The molecule has 0 bridgehead atoms. The highest BCUT2D eigenvalue weighted by Crippen LogP contribution is 2.24. The molecule has 0 aromatic carbocycles. The van der Waals surface area contributed by atoms with Crippen molar-refractivity contribution in [3.63, 3.8) is 0 Å². The van der Waals surface area contributed by atoms with Crippen LogP contribution >= 0.6 is 0 Å². The van der Waals surface area contributed by atoms with Crippen LogP contribution in [0, 0.1) is 17.8 Å². The average Bonchev–Trinajstić information content (AvgIpc) is 2.41. The summed E-state index contributed by atoms with van der Waals surface area (Å²) >= 11 is 0. The van der Waals surface area contributed by atoms with E-state index in [1.54, 1.807) is 13.8 Å². The first-order chi connectivity index (χ1) is 9.34. The molecule has 7 nitrogen and oxygen atoms in total. The Kier molecular flexibility index (Phi) is 5.29. The Balaban J connectivity index is 2.47. The van der Waals surface area contributed by atoms with E-state index in [0.29, 0.717) is 0 Å². The van der Waals surface area contributed by atoms with E-state index >= 15 is 0 Å². The van der Waals surface area contributed by atoms with E-state index in [4.69, 9.17) is 14.9 Å². The normalized spacial score (nSPS) is 18.6. The number of aliphatic hydroxyl groups excluding tert-OH is 4. The smallest absolute Gasteiger partial charge is 0.327 e. The number of ether oxygens (including phenoxy) is 2. The van der Waals surface area contributed by atoms with E-state index in [-0.39, 0.29) is 24.7 Å². The van der Waals surface area contributed by atoms with Gasteiger partial charge < -0.3 is 29.9 Å². The van der Waals surface area contributed by atoms with E-state index in [1.165, 1.54) is 0 Å². The molecule has 1 heterocycles. The van der Waals surface area contributed by atoms with Gasteiger partial charge in [0.1, 0.15) is 0 Å². The minimum absolute atomic E-state index is 0.00553. The fraction of sp³-hybridized carbons (Fsp3) is 0.462. The Morgan fingerprint density at radius 3 is 2.55 bits per heavy atom. The van der Waals surface area contributed by atoms with Crippen molar-refractivity contribution in [3.8, 4) is 11.8 Å². The van der Waals surface area contributed by atoms with Crippen LogP contribution in [0.2, 0.25) is 0 Å². The number of rotatable bonds is 4. The van der Waals surface area contributed by atoms with E-state index in [1.807, 2.05) is 0 Å². The third-order valence-electron chi connectivity index (χ3n) is 2.34. The molecule has 0 aromatic rings. The summed E-state index contributed by atoms with van der Waals surface area (Å²) in [5, 5.41) is 36.9. The molecular weight excluding hydrogens is 268 g/mol. The molecule has 1 atom stereocenters. The number of carbonyl (C=O) groups is 1. The maximum Gasteiger partial charge on any atom is 0.327 e. The topological polar surface area (TPSA) is 116 Å². The van der Waals surface area contributed by atoms with Crippen molar-refractivity contribution >= 4 is 5.78 Å². The van der Waals surface area contributed by atoms with Gasteiger partial charge >= 0.3 is 5.95 Å². The Hall–Kier alpha value is -2.33. The fourth-order valence-corrected chi connectivity index (χ4v) is 1.17. The van der Waals surface area contributed by atoms with Gasteiger partial charge in [0.2, 0.25) is 23.1 Å². The molecule has 0 amide bonds. The minimum Gasteiger partial charge on any atom is -0.503 e. The lowest BCUT2D eigenvalue weighted by Crippen LogP contribution is -2.26. The summed E-state index contributed by atoms with van der Waals surface area (Å²) in [5.41, 5.74) is 0. The predicted molar refractivity (Wildman–Crippen MR) is 67.6 cm³/mol. The molecule has 0 fully saturated rings. The van der Waals surface area contributed by atoms with Crippen LogP contribution in [0.5, 0.6) is 0 Å². The maximum atomic E-state index is 11.2. The summed E-state index contributed by atoms with van der Waals surface area (Å²) in [4.78, 5) is 11.2. The highest BCUT2D eigenvalue weighted by molar-refractivity contribution is 5.96. The van der Waals surface area contributed by atoms with Crippen molar-refractivity contribution in [1.29, 1.82) is 0 Å². The Morgan fingerprint density at radius 2 is 1.95 bits per heavy atom. The second-order valence-electron chi connectivity index (χ2n) is 4.28. The third-order valence-corrected chi connectivity index (χ3v) is 2.34. The van der Waals surface area contributed by atoms with Gasteiger partial charge in [0, 0.05) is 12.3 Å². The molecule has 1 rings (SSSR count). The average molecular weight is 284 g/mol. The Labute approximate surface area is 115 Å². The summed E-state index contributed by atoms with van der Waals surface area (Å²) in [6.07, 6.45) is -1.24. The van der Waals surface area contributed by atoms with Crippen molar-refractivity contribution in [3.05, 3.63) is 23.2 Å². The van der Waals surface area contributed by atoms with E-state index in [9.17, 15) is 15.0 Å². The van der Waals surface area contributed by atoms with Crippen LogP contribution in [-0.2, 0) is 14.3 Å². The molecule has 110 valence electrons. The van der Waals surface area contributed by atoms with Gasteiger partial charge in [0.15, 0.2) is 0 Å². The van der Waals surface area contributed by atoms with Crippen molar-refractivity contribution in [1.82, 2.24) is 0 Å². The Bertz CT molecular complexity index is 505. The number of aliphatic hydroxyl groups is 4. The molecule has 0 aromatic heterocycles. The molecule has 1 aliphatic heterocycles. The molecule has 0 aliphatic carbocycles. The summed E-state index contributed by atoms with van der Waals surface area (Å²) in [6.45, 7) is 3.46. The monoisotopic (exact) mass is 284 g/mol. The van der Waals surface area contributed by atoms with Gasteiger partial charge in [-0.1, -0.05) is 19.8 Å². The molecule has 1 aliphatic rings. The predicted octanol–water partition coefficient (Wildman–Crippen LogP) is 1.59. The van der Waals surface area contributed by atoms with E-state index in [0.717, 1.165) is 0 Å². The lowest BCUT2D eigenvalue weighted by molar-refractivity contribution is -0.147. The number of Topliss-reactive ketones (excluding diaryl/α,β-unsaturated/α-hetero) is 1. The minimum atomic E-state index is -1.44. The van der Waals surface area contributed by atoms with Gasteiger partial charge in [-0.25, -0.2) is 0 Å². The van der Waals surface area contributed by atoms with Crippen molar-refractivity contribution in [2.24, 2.45) is 5.92 Å². The molecule has 0 saturated carbocycles. The zero-order valence-electron chi connectivity index (χ0n) is 11.1. The van der Waals surface area contributed by atoms with Crippen LogP contribution < -0.4 is 0 Å². The number of hydrogen-bond acceptors (Lipinski definition) is 7. The van der Waals surface area contributed by atoms with Crippen LogP contribution in [0.1, 0.15) is 20.3 Å². The van der Waals surface area contributed by atoms with Gasteiger partial charge in [-0.15, -0.1) is 0 Å². The van der Waals surface area contributed by atoms with Crippen LogP contribution in [0.25, 0.3) is 0 Å². The standard InChI is InChI=1S/C13H16O7/c1-7(2)8(14)5-3-4-6-19-13-11(17)9(15)10(16)12(18)20-13/h7,13,15-18H,4,6H2,1-2H3. The van der Waals surface area contributed by atoms with Crippen molar-refractivity contribution in [2.45, 2.75) is 26.6 Å². The maximum absolute atomic E-state index is 11.2. The quantitative estimate of drug-likeness (QED) is 0.352. The summed E-state index contributed by atoms with van der Waals surface area (Å²) in [5.74, 6) is 1.06. The zero-order chi connectivity index (χ0) is 15.3. The SMILES string of the molecule is CC(C)C(=O)C#CCCOC1OC(O)=C(O)C(O)=C1O. The molecule has 7 heteroatoms. The summed E-state index contributed by atoms with van der Waals surface area (Å²) in [6, 6.07) is 0. The van der Waals surface area contributed by atoms with Gasteiger partial charge in [-0.05, 0) is 5.92 Å².